The zero-order valence-electron chi connectivity index (χ0n) is 16.6. The maximum atomic E-state index is 4.75. The van der Waals surface area contributed by atoms with Crippen molar-refractivity contribution in [3.63, 3.8) is 0 Å². The Kier molecular flexibility index (Phi) is 5.12. The molecule has 0 radical (unpaired) electrons. The van der Waals surface area contributed by atoms with E-state index in [1.165, 1.54) is 35.2 Å². The molecule has 2 aromatic heterocycles. The number of pyridine rings is 1. The summed E-state index contributed by atoms with van der Waals surface area (Å²) in [5.41, 5.74) is 3.64. The molecule has 1 unspecified atom stereocenters. The van der Waals surface area contributed by atoms with Gasteiger partial charge in [-0.05, 0) is 68.1 Å². The van der Waals surface area contributed by atoms with Crippen molar-refractivity contribution >= 4 is 38.7 Å². The Labute approximate surface area is 175 Å². The number of aromatic nitrogens is 2. The maximum absolute atomic E-state index is 4.75. The predicted octanol–water partition coefficient (Wildman–Crippen LogP) is 5.49. The van der Waals surface area contributed by atoms with Crippen LogP contribution in [0.1, 0.15) is 43.2 Å². The number of benzene rings is 1. The van der Waals surface area contributed by atoms with Crippen molar-refractivity contribution in [2.75, 3.05) is 11.9 Å². The Morgan fingerprint density at radius 1 is 1.24 bits per heavy atom. The van der Waals surface area contributed by atoms with Crippen LogP contribution in [-0.4, -0.2) is 33.7 Å². The van der Waals surface area contributed by atoms with E-state index in [0.29, 0.717) is 12.0 Å². The number of aliphatic imine (C=N–C) groups is 1. The number of fused-ring (bicyclic) bond motifs is 1. The highest BCUT2D eigenvalue weighted by atomic mass is 32.1. The molecule has 0 saturated carbocycles. The SMILES string of the molecule is C[C@H]1CCCN1Cc1ccnc(Nc2nc3ccc(C4C=CN=CC4)cc3s2)c1. The van der Waals surface area contributed by atoms with Crippen LogP contribution in [0.25, 0.3) is 10.2 Å². The van der Waals surface area contributed by atoms with Crippen molar-refractivity contribution in [3.05, 3.63) is 59.9 Å². The van der Waals surface area contributed by atoms with Gasteiger partial charge in [-0.25, -0.2) is 9.97 Å². The van der Waals surface area contributed by atoms with Crippen molar-refractivity contribution in [2.45, 2.75) is 44.7 Å². The average Bonchev–Trinajstić information content (AvgIpc) is 3.33. The van der Waals surface area contributed by atoms with Crippen molar-refractivity contribution in [1.29, 1.82) is 0 Å². The molecule has 5 rings (SSSR count). The van der Waals surface area contributed by atoms with E-state index >= 15 is 0 Å². The molecule has 5 nitrogen and oxygen atoms in total. The highest BCUT2D eigenvalue weighted by Crippen LogP contribution is 2.32. The van der Waals surface area contributed by atoms with Crippen LogP contribution in [0.15, 0.2) is 53.8 Å². The standard InChI is InChI=1S/C23H25N5S/c1-16-3-2-12-28(16)15-17-6-11-25-22(13-17)27-23-26-20-5-4-19(14-21(20)29-23)18-7-9-24-10-8-18/h4-7,9-11,13-14,16,18H,2-3,8,12,15H2,1H3,(H,25,26,27)/t16-,18?/m0/s1. The smallest absolute Gasteiger partial charge is 0.189 e. The van der Waals surface area contributed by atoms with E-state index in [-0.39, 0.29) is 0 Å². The Morgan fingerprint density at radius 2 is 2.21 bits per heavy atom. The topological polar surface area (TPSA) is 53.4 Å². The van der Waals surface area contributed by atoms with Crippen LogP contribution in [0, 0.1) is 0 Å². The van der Waals surface area contributed by atoms with Crippen molar-refractivity contribution in [3.8, 4) is 0 Å². The number of hydrogen-bond acceptors (Lipinski definition) is 6. The first-order chi connectivity index (χ1) is 14.2. The molecule has 6 heteroatoms. The van der Waals surface area contributed by atoms with Crippen LogP contribution in [0.2, 0.25) is 0 Å². The molecule has 148 valence electrons. The van der Waals surface area contributed by atoms with Gasteiger partial charge in [0.15, 0.2) is 5.13 Å². The zero-order chi connectivity index (χ0) is 19.6. The van der Waals surface area contributed by atoms with Gasteiger partial charge in [-0.3, -0.25) is 9.89 Å². The number of thiazole rings is 1. The molecule has 1 fully saturated rings. The number of likely N-dealkylation sites (tertiary alicyclic amines) is 1. The fraction of sp³-hybridized carbons (Fsp3) is 0.348. The van der Waals surface area contributed by atoms with Gasteiger partial charge in [-0.15, -0.1) is 0 Å². The summed E-state index contributed by atoms with van der Waals surface area (Å²) in [6, 6.07) is 11.5. The lowest BCUT2D eigenvalue weighted by Crippen LogP contribution is -2.26. The number of anilines is 2. The summed E-state index contributed by atoms with van der Waals surface area (Å²) in [6.07, 6.45) is 11.5. The summed E-state index contributed by atoms with van der Waals surface area (Å²) < 4.78 is 1.20. The molecular formula is C23H25N5S. The largest absolute Gasteiger partial charge is 0.316 e. The molecule has 0 amide bonds. The van der Waals surface area contributed by atoms with E-state index < -0.39 is 0 Å². The lowest BCUT2D eigenvalue weighted by atomic mass is 9.95. The van der Waals surface area contributed by atoms with E-state index in [2.05, 4.69) is 63.5 Å². The quantitative estimate of drug-likeness (QED) is 0.612. The molecule has 2 aliphatic heterocycles. The molecule has 1 saturated heterocycles. The second kappa shape index (κ2) is 8.05. The number of hydrogen-bond donors (Lipinski definition) is 1. The second-order valence-corrected chi connectivity index (χ2v) is 8.93. The molecule has 2 atom stereocenters. The predicted molar refractivity (Wildman–Crippen MR) is 121 cm³/mol. The number of allylic oxidation sites excluding steroid dienone is 1. The van der Waals surface area contributed by atoms with E-state index in [4.69, 9.17) is 4.98 Å². The summed E-state index contributed by atoms with van der Waals surface area (Å²) >= 11 is 1.68. The fourth-order valence-electron chi connectivity index (χ4n) is 4.15. The van der Waals surface area contributed by atoms with Gasteiger partial charge < -0.3 is 5.32 Å². The number of nitrogens with zero attached hydrogens (tertiary/aromatic N) is 4. The molecule has 1 aromatic carbocycles. The Balaban J connectivity index is 1.33. The van der Waals surface area contributed by atoms with Gasteiger partial charge in [0.05, 0.1) is 10.2 Å². The summed E-state index contributed by atoms with van der Waals surface area (Å²) in [7, 11) is 0. The molecule has 1 N–H and O–H groups in total. The van der Waals surface area contributed by atoms with Crippen LogP contribution in [-0.2, 0) is 6.54 Å². The summed E-state index contributed by atoms with van der Waals surface area (Å²) in [6.45, 7) is 4.49. The minimum absolute atomic E-state index is 0.404. The van der Waals surface area contributed by atoms with Crippen LogP contribution < -0.4 is 5.32 Å². The van der Waals surface area contributed by atoms with Crippen LogP contribution in [0.4, 0.5) is 10.9 Å². The minimum atomic E-state index is 0.404. The van der Waals surface area contributed by atoms with E-state index in [1.54, 1.807) is 11.3 Å². The van der Waals surface area contributed by atoms with Gasteiger partial charge in [-0.2, -0.15) is 0 Å². The van der Waals surface area contributed by atoms with Gasteiger partial charge in [-0.1, -0.05) is 23.5 Å². The van der Waals surface area contributed by atoms with Crippen LogP contribution in [0.3, 0.4) is 0 Å². The number of rotatable bonds is 5. The third-order valence-electron chi connectivity index (χ3n) is 5.85. The Hall–Kier alpha value is -2.57. The normalized spacial score (nSPS) is 21.8. The molecule has 0 bridgehead atoms. The Morgan fingerprint density at radius 3 is 3.03 bits per heavy atom. The van der Waals surface area contributed by atoms with Crippen molar-refractivity contribution in [2.24, 2.45) is 4.99 Å². The molecule has 0 spiro atoms. The fourth-order valence-corrected chi connectivity index (χ4v) is 5.07. The second-order valence-electron chi connectivity index (χ2n) is 7.90. The monoisotopic (exact) mass is 403 g/mol. The summed E-state index contributed by atoms with van der Waals surface area (Å²) in [4.78, 5) is 16.0. The van der Waals surface area contributed by atoms with E-state index in [9.17, 15) is 0 Å². The molecule has 3 aromatic rings. The van der Waals surface area contributed by atoms with Crippen molar-refractivity contribution in [1.82, 2.24) is 14.9 Å². The van der Waals surface area contributed by atoms with Gasteiger partial charge >= 0.3 is 0 Å². The first kappa shape index (κ1) is 18.5. The first-order valence-corrected chi connectivity index (χ1v) is 11.1. The minimum Gasteiger partial charge on any atom is -0.316 e. The molecule has 4 heterocycles. The van der Waals surface area contributed by atoms with E-state index in [0.717, 1.165) is 29.4 Å². The molecule has 2 aliphatic rings. The summed E-state index contributed by atoms with van der Waals surface area (Å²) in [5, 5.41) is 4.30. The molecule has 0 aliphatic carbocycles. The van der Waals surface area contributed by atoms with Crippen molar-refractivity contribution < 1.29 is 0 Å². The average molecular weight is 404 g/mol. The maximum Gasteiger partial charge on any atom is 0.189 e. The van der Waals surface area contributed by atoms with Crippen LogP contribution >= 0.6 is 11.3 Å². The van der Waals surface area contributed by atoms with E-state index in [1.807, 2.05) is 18.6 Å². The van der Waals surface area contributed by atoms with Crippen LogP contribution in [0.5, 0.6) is 0 Å². The highest BCUT2D eigenvalue weighted by molar-refractivity contribution is 7.22. The van der Waals surface area contributed by atoms with Gasteiger partial charge in [0.1, 0.15) is 5.82 Å². The number of nitrogens with one attached hydrogen (secondary N) is 1. The lowest BCUT2D eigenvalue weighted by molar-refractivity contribution is 0.260. The third kappa shape index (κ3) is 4.09. The first-order valence-electron chi connectivity index (χ1n) is 10.3. The molecule has 29 heavy (non-hydrogen) atoms. The lowest BCUT2D eigenvalue weighted by Gasteiger charge is -2.21. The van der Waals surface area contributed by atoms with Gasteiger partial charge in [0.25, 0.3) is 0 Å². The molecular weight excluding hydrogens is 378 g/mol. The van der Waals surface area contributed by atoms with Gasteiger partial charge in [0.2, 0.25) is 0 Å². The Bertz CT molecular complexity index is 1070. The summed E-state index contributed by atoms with van der Waals surface area (Å²) in [5.74, 6) is 1.27. The third-order valence-corrected chi connectivity index (χ3v) is 6.78. The van der Waals surface area contributed by atoms with Gasteiger partial charge in [0, 0.05) is 37.1 Å². The zero-order valence-corrected chi connectivity index (χ0v) is 17.4. The highest BCUT2D eigenvalue weighted by Gasteiger charge is 2.20.